The number of ether oxygens (including phenoxy) is 3. The van der Waals surface area contributed by atoms with Crippen molar-refractivity contribution in [2.45, 2.75) is 50.3 Å². The number of fused-ring (bicyclic) bond motifs is 1. The van der Waals surface area contributed by atoms with Gasteiger partial charge in [-0.15, -0.1) is 6.42 Å². The summed E-state index contributed by atoms with van der Waals surface area (Å²) in [5.41, 5.74) is 8.00. The van der Waals surface area contributed by atoms with Gasteiger partial charge in [0.1, 0.15) is 30.2 Å². The lowest BCUT2D eigenvalue weighted by atomic mass is 10.1. The lowest BCUT2D eigenvalue weighted by Gasteiger charge is -2.38. The van der Waals surface area contributed by atoms with Crippen LogP contribution in [0.3, 0.4) is 0 Å². The number of carbonyl (C=O) groups excluding carboxylic acids is 1. The Morgan fingerprint density at radius 2 is 1.54 bits per heavy atom. The molecule has 0 spiro atoms. The number of amides is 1. The Labute approximate surface area is 215 Å². The summed E-state index contributed by atoms with van der Waals surface area (Å²) in [6.45, 7) is 5.40. The Balaban J connectivity index is 1.44. The predicted molar refractivity (Wildman–Crippen MR) is 138 cm³/mol. The second-order valence-corrected chi connectivity index (χ2v) is 9.89. The van der Waals surface area contributed by atoms with Crippen molar-refractivity contribution >= 4 is 17.3 Å². The van der Waals surface area contributed by atoms with Crippen molar-refractivity contribution < 1.29 is 19.0 Å². The quantitative estimate of drug-likeness (QED) is 0.540. The van der Waals surface area contributed by atoms with E-state index in [0.29, 0.717) is 0 Å². The Hall–Kier alpha value is -3.84. The third kappa shape index (κ3) is 3.94. The molecule has 0 radical (unpaired) electrons. The van der Waals surface area contributed by atoms with E-state index >= 15 is 0 Å². The molecule has 190 valence electrons. The molecule has 2 aromatic carbocycles. The van der Waals surface area contributed by atoms with E-state index in [1.807, 2.05) is 50.2 Å². The van der Waals surface area contributed by atoms with Gasteiger partial charge >= 0.3 is 0 Å². The highest BCUT2D eigenvalue weighted by Gasteiger charge is 2.60. The molecule has 3 fully saturated rings. The highest BCUT2D eigenvalue weighted by Crippen LogP contribution is 2.47. The number of terminal acetylenes is 1. The van der Waals surface area contributed by atoms with E-state index in [4.69, 9.17) is 26.4 Å². The standard InChI is InChI=1S/C28H29N5O4/c1-4-20-21(25(29)34)30-17-33(20)27-24-22(36-28(2,3)37-24)23(35-27)26-31(18-11-7-5-8-12-18)15-16-32(26)19-13-9-6-10-14-19/h1,5-14,17,22-24,26-27H,15-16H2,2-3H3,(H2,29,34)/t22-,23+,24-,27-/m1/s1. The molecule has 0 unspecified atom stereocenters. The van der Waals surface area contributed by atoms with Gasteiger partial charge in [-0.25, -0.2) is 4.98 Å². The van der Waals surface area contributed by atoms with Crippen molar-refractivity contribution in [1.29, 1.82) is 0 Å². The Kier molecular flexibility index (Phi) is 5.68. The number of para-hydroxylation sites is 2. The fourth-order valence-corrected chi connectivity index (χ4v) is 5.75. The van der Waals surface area contributed by atoms with Crippen molar-refractivity contribution in [2.75, 3.05) is 22.9 Å². The van der Waals surface area contributed by atoms with Crippen molar-refractivity contribution in [3.63, 3.8) is 0 Å². The van der Waals surface area contributed by atoms with E-state index in [0.717, 1.165) is 24.5 Å². The van der Waals surface area contributed by atoms with Crippen LogP contribution in [0, 0.1) is 12.3 Å². The van der Waals surface area contributed by atoms with Crippen LogP contribution in [0.4, 0.5) is 11.4 Å². The van der Waals surface area contributed by atoms with Gasteiger partial charge in [-0.1, -0.05) is 36.4 Å². The molecule has 9 heteroatoms. The van der Waals surface area contributed by atoms with Crippen LogP contribution in [0.15, 0.2) is 67.0 Å². The summed E-state index contributed by atoms with van der Waals surface area (Å²) >= 11 is 0. The fraction of sp³-hybridized carbons (Fsp3) is 0.357. The number of benzene rings is 2. The van der Waals surface area contributed by atoms with Crippen LogP contribution in [0.2, 0.25) is 0 Å². The topological polar surface area (TPSA) is 95.1 Å². The zero-order valence-corrected chi connectivity index (χ0v) is 20.7. The summed E-state index contributed by atoms with van der Waals surface area (Å²) in [5, 5.41) is 0. The van der Waals surface area contributed by atoms with Crippen molar-refractivity contribution in [1.82, 2.24) is 9.55 Å². The molecule has 4 atom stereocenters. The molecule has 0 saturated carbocycles. The van der Waals surface area contributed by atoms with Gasteiger partial charge in [0.05, 0.1) is 6.33 Å². The highest BCUT2D eigenvalue weighted by molar-refractivity contribution is 5.93. The maximum absolute atomic E-state index is 12.0. The minimum absolute atomic E-state index is 0.0296. The molecule has 0 aliphatic carbocycles. The van der Waals surface area contributed by atoms with Crippen molar-refractivity contribution in [3.8, 4) is 12.3 Å². The zero-order valence-electron chi connectivity index (χ0n) is 20.7. The fourth-order valence-electron chi connectivity index (χ4n) is 5.75. The first-order chi connectivity index (χ1) is 17.9. The molecule has 2 N–H and O–H groups in total. The van der Waals surface area contributed by atoms with Gasteiger partial charge in [-0.05, 0) is 44.0 Å². The molecule has 0 bridgehead atoms. The number of nitrogens with zero attached hydrogens (tertiary/aromatic N) is 4. The molecule has 3 aliphatic rings. The minimum Gasteiger partial charge on any atom is -0.364 e. The Bertz CT molecular complexity index is 1290. The molecular formula is C28H29N5O4. The molecule has 3 saturated heterocycles. The number of rotatable bonds is 5. The van der Waals surface area contributed by atoms with Gasteiger partial charge in [0.2, 0.25) is 0 Å². The summed E-state index contributed by atoms with van der Waals surface area (Å²) in [6, 6.07) is 20.6. The molecule has 3 aromatic rings. The van der Waals surface area contributed by atoms with Gasteiger partial charge in [-0.2, -0.15) is 0 Å². The van der Waals surface area contributed by atoms with E-state index in [1.165, 1.54) is 6.33 Å². The second-order valence-electron chi connectivity index (χ2n) is 9.89. The largest absolute Gasteiger partial charge is 0.364 e. The molecule has 1 amide bonds. The van der Waals surface area contributed by atoms with E-state index in [9.17, 15) is 4.79 Å². The zero-order chi connectivity index (χ0) is 25.7. The van der Waals surface area contributed by atoms with Gasteiger partial charge < -0.3 is 29.7 Å². The summed E-state index contributed by atoms with van der Waals surface area (Å²) in [4.78, 5) is 20.8. The van der Waals surface area contributed by atoms with E-state index in [-0.39, 0.29) is 17.6 Å². The Morgan fingerprint density at radius 3 is 2.08 bits per heavy atom. The average Bonchev–Trinajstić information content (AvgIpc) is 3.65. The number of hydrogen-bond acceptors (Lipinski definition) is 7. The molecular weight excluding hydrogens is 470 g/mol. The van der Waals surface area contributed by atoms with Crippen molar-refractivity contribution in [3.05, 3.63) is 78.4 Å². The Morgan fingerprint density at radius 1 is 0.973 bits per heavy atom. The summed E-state index contributed by atoms with van der Waals surface area (Å²) < 4.78 is 21.3. The third-order valence-corrected chi connectivity index (χ3v) is 7.19. The lowest BCUT2D eigenvalue weighted by molar-refractivity contribution is -0.198. The van der Waals surface area contributed by atoms with Crippen LogP contribution in [-0.4, -0.2) is 58.8 Å². The minimum atomic E-state index is -0.827. The number of anilines is 2. The van der Waals surface area contributed by atoms with E-state index in [2.05, 4.69) is 45.0 Å². The summed E-state index contributed by atoms with van der Waals surface area (Å²) in [7, 11) is 0. The number of carbonyl (C=O) groups is 1. The summed E-state index contributed by atoms with van der Waals surface area (Å²) in [6.07, 6.45) is 5.15. The third-order valence-electron chi connectivity index (χ3n) is 7.19. The maximum atomic E-state index is 12.0. The average molecular weight is 500 g/mol. The monoisotopic (exact) mass is 499 g/mol. The van der Waals surface area contributed by atoms with E-state index < -0.39 is 36.2 Å². The summed E-state index contributed by atoms with van der Waals surface area (Å²) in [5.74, 6) is 1.04. The first-order valence-corrected chi connectivity index (χ1v) is 12.4. The lowest BCUT2D eigenvalue weighted by Crippen LogP contribution is -2.53. The predicted octanol–water partition coefficient (Wildman–Crippen LogP) is 2.73. The number of primary amides is 1. The van der Waals surface area contributed by atoms with Crippen LogP contribution >= 0.6 is 0 Å². The van der Waals surface area contributed by atoms with E-state index in [1.54, 1.807) is 4.57 Å². The molecule has 3 aliphatic heterocycles. The number of aromatic nitrogens is 2. The van der Waals surface area contributed by atoms with Crippen LogP contribution in [-0.2, 0) is 14.2 Å². The molecule has 9 nitrogen and oxygen atoms in total. The van der Waals surface area contributed by atoms with Crippen LogP contribution in [0.1, 0.15) is 36.3 Å². The van der Waals surface area contributed by atoms with Crippen LogP contribution in [0.25, 0.3) is 0 Å². The van der Waals surface area contributed by atoms with Gasteiger partial charge in [-0.3, -0.25) is 9.36 Å². The number of imidazole rings is 1. The SMILES string of the molecule is C#Cc1c(C(N)=O)ncn1[C@@H]1O[C@H](C2N(c3ccccc3)CCN2c2ccccc2)[C@H]2OC(C)(C)O[C@H]21. The first kappa shape index (κ1) is 23.6. The molecule has 6 rings (SSSR count). The highest BCUT2D eigenvalue weighted by atomic mass is 16.8. The molecule has 1 aromatic heterocycles. The van der Waals surface area contributed by atoms with Gasteiger partial charge in [0.25, 0.3) is 5.91 Å². The van der Waals surface area contributed by atoms with Crippen LogP contribution < -0.4 is 15.5 Å². The molecule has 37 heavy (non-hydrogen) atoms. The molecule has 4 heterocycles. The van der Waals surface area contributed by atoms with Gasteiger partial charge in [0.15, 0.2) is 17.7 Å². The normalized spacial score (nSPS) is 26.8. The van der Waals surface area contributed by atoms with Crippen LogP contribution in [0.5, 0.6) is 0 Å². The number of nitrogens with two attached hydrogens (primary N) is 1. The van der Waals surface area contributed by atoms with Crippen molar-refractivity contribution in [2.24, 2.45) is 5.73 Å². The first-order valence-electron chi connectivity index (χ1n) is 12.4. The second kappa shape index (κ2) is 8.92. The maximum Gasteiger partial charge on any atom is 0.270 e. The smallest absolute Gasteiger partial charge is 0.270 e. The van der Waals surface area contributed by atoms with Gasteiger partial charge in [0, 0.05) is 24.5 Å². The number of hydrogen-bond donors (Lipinski definition) is 1.